The van der Waals surface area contributed by atoms with Crippen molar-refractivity contribution in [3.8, 4) is 0 Å². The molecule has 0 radical (unpaired) electrons. The van der Waals surface area contributed by atoms with E-state index in [4.69, 9.17) is 11.6 Å². The van der Waals surface area contributed by atoms with E-state index in [-0.39, 0.29) is 10.8 Å². The summed E-state index contributed by atoms with van der Waals surface area (Å²) >= 11 is 6.75. The zero-order valence-corrected chi connectivity index (χ0v) is 12.0. The number of hydrogen-bond donors (Lipinski definition) is 3. The molecule has 102 valence electrons. The Labute approximate surface area is 115 Å². The van der Waals surface area contributed by atoms with Crippen LogP contribution < -0.4 is 10.0 Å². The lowest BCUT2D eigenvalue weighted by molar-refractivity contribution is 0.148. The fourth-order valence-electron chi connectivity index (χ4n) is 1.98. The summed E-state index contributed by atoms with van der Waals surface area (Å²) in [6.45, 7) is 1.18. The molecular weight excluding hydrogens is 296 g/mol. The lowest BCUT2D eigenvalue weighted by Crippen LogP contribution is -2.56. The predicted octanol–water partition coefficient (Wildman–Crippen LogP) is 0.794. The van der Waals surface area contributed by atoms with Crippen molar-refractivity contribution in [2.75, 3.05) is 19.7 Å². The van der Waals surface area contributed by atoms with Crippen LogP contribution in [0.4, 0.5) is 0 Å². The van der Waals surface area contributed by atoms with Crippen LogP contribution in [-0.2, 0) is 10.0 Å². The van der Waals surface area contributed by atoms with E-state index in [1.54, 1.807) is 6.07 Å². The van der Waals surface area contributed by atoms with Crippen LogP contribution in [0.5, 0.6) is 0 Å². The van der Waals surface area contributed by atoms with E-state index in [1.165, 1.54) is 6.07 Å². The number of sulfonamides is 1. The van der Waals surface area contributed by atoms with Gasteiger partial charge in [-0.05, 0) is 38.1 Å². The van der Waals surface area contributed by atoms with E-state index >= 15 is 0 Å². The van der Waals surface area contributed by atoms with E-state index in [1.807, 2.05) is 0 Å². The molecule has 8 heteroatoms. The molecule has 0 atom stereocenters. The molecule has 5 nitrogen and oxygen atoms in total. The number of thiophene rings is 1. The van der Waals surface area contributed by atoms with Crippen LogP contribution in [0.3, 0.4) is 0 Å². The highest BCUT2D eigenvalue weighted by Crippen LogP contribution is 2.28. The zero-order chi connectivity index (χ0) is 13.2. The Hall–Kier alpha value is -0.180. The molecule has 0 bridgehead atoms. The van der Waals surface area contributed by atoms with Crippen molar-refractivity contribution in [1.29, 1.82) is 0 Å². The maximum absolute atomic E-state index is 12.2. The van der Waals surface area contributed by atoms with Crippen LogP contribution in [-0.4, -0.2) is 38.8 Å². The highest BCUT2D eigenvalue weighted by atomic mass is 35.5. The summed E-state index contributed by atoms with van der Waals surface area (Å²) in [7, 11) is -3.61. The van der Waals surface area contributed by atoms with Gasteiger partial charge in [0.2, 0.25) is 0 Å². The zero-order valence-electron chi connectivity index (χ0n) is 9.65. The van der Waals surface area contributed by atoms with Crippen molar-refractivity contribution in [2.24, 2.45) is 0 Å². The highest BCUT2D eigenvalue weighted by molar-refractivity contribution is 7.91. The summed E-state index contributed by atoms with van der Waals surface area (Å²) in [5.41, 5.74) is -0.763. The first kappa shape index (κ1) is 14.2. The van der Waals surface area contributed by atoms with Crippen molar-refractivity contribution < 1.29 is 13.5 Å². The standard InChI is InChI=1S/C10H15ClN2O3S2/c11-8-1-2-9(17-8)18(15,16)13-10(7-14)3-5-12-6-4-10/h1-2,12-14H,3-7H2. The van der Waals surface area contributed by atoms with E-state index in [0.29, 0.717) is 30.3 Å². The number of aliphatic hydroxyl groups excluding tert-OH is 1. The molecule has 0 aromatic carbocycles. The van der Waals surface area contributed by atoms with Gasteiger partial charge in [0.15, 0.2) is 0 Å². The minimum atomic E-state index is -3.61. The Bertz CT molecular complexity index is 509. The summed E-state index contributed by atoms with van der Waals surface area (Å²) < 4.78 is 27.6. The maximum atomic E-state index is 12.2. The smallest absolute Gasteiger partial charge is 0.250 e. The summed E-state index contributed by atoms with van der Waals surface area (Å²) in [5, 5.41) is 12.6. The molecule has 2 heterocycles. The summed E-state index contributed by atoms with van der Waals surface area (Å²) in [4.78, 5) is 0. The second kappa shape index (κ2) is 5.44. The van der Waals surface area contributed by atoms with Gasteiger partial charge in [0, 0.05) is 0 Å². The highest BCUT2D eigenvalue weighted by Gasteiger charge is 2.36. The maximum Gasteiger partial charge on any atom is 0.250 e. The van der Waals surface area contributed by atoms with Gasteiger partial charge in [-0.1, -0.05) is 11.6 Å². The van der Waals surface area contributed by atoms with E-state index in [9.17, 15) is 13.5 Å². The Balaban J connectivity index is 2.21. The molecule has 18 heavy (non-hydrogen) atoms. The molecule has 3 N–H and O–H groups in total. The summed E-state index contributed by atoms with van der Waals surface area (Å²) in [5.74, 6) is 0. The van der Waals surface area contributed by atoms with Crippen LogP contribution in [0.25, 0.3) is 0 Å². The van der Waals surface area contributed by atoms with Crippen LogP contribution in [0.15, 0.2) is 16.3 Å². The molecule has 0 unspecified atom stereocenters. The van der Waals surface area contributed by atoms with Gasteiger partial charge in [-0.25, -0.2) is 13.1 Å². The third-order valence-corrected chi connectivity index (χ3v) is 6.33. The second-order valence-corrected chi connectivity index (χ2v) is 7.98. The van der Waals surface area contributed by atoms with Crippen LogP contribution >= 0.6 is 22.9 Å². The Morgan fingerprint density at radius 2 is 2.11 bits per heavy atom. The number of aliphatic hydroxyl groups is 1. The van der Waals surface area contributed by atoms with E-state index < -0.39 is 15.6 Å². The number of hydrogen-bond acceptors (Lipinski definition) is 5. The van der Waals surface area contributed by atoms with Crippen molar-refractivity contribution in [3.05, 3.63) is 16.5 Å². The first-order valence-corrected chi connectivity index (χ1v) is 8.26. The van der Waals surface area contributed by atoms with Crippen LogP contribution in [0, 0.1) is 0 Å². The van der Waals surface area contributed by atoms with Gasteiger partial charge in [-0.15, -0.1) is 11.3 Å². The summed E-state index contributed by atoms with van der Waals surface area (Å²) in [6, 6.07) is 3.02. The topological polar surface area (TPSA) is 78.4 Å². The van der Waals surface area contributed by atoms with Gasteiger partial charge in [0.05, 0.1) is 16.5 Å². The molecule has 0 spiro atoms. The average molecular weight is 311 g/mol. The van der Waals surface area contributed by atoms with Crippen LogP contribution in [0.2, 0.25) is 4.34 Å². The van der Waals surface area contributed by atoms with Crippen LogP contribution in [0.1, 0.15) is 12.8 Å². The summed E-state index contributed by atoms with van der Waals surface area (Å²) in [6.07, 6.45) is 1.14. The molecule has 1 aliphatic heterocycles. The first-order chi connectivity index (χ1) is 8.47. The Kier molecular flexibility index (Phi) is 4.30. The molecule has 0 saturated carbocycles. The fourth-order valence-corrected chi connectivity index (χ4v) is 4.91. The first-order valence-electron chi connectivity index (χ1n) is 5.58. The Morgan fingerprint density at radius 3 is 2.61 bits per heavy atom. The van der Waals surface area contributed by atoms with Crippen molar-refractivity contribution >= 4 is 33.0 Å². The molecule has 0 amide bonds. The Morgan fingerprint density at radius 1 is 1.44 bits per heavy atom. The number of rotatable bonds is 4. The van der Waals surface area contributed by atoms with Gasteiger partial charge in [-0.2, -0.15) is 0 Å². The normalized spacial score (nSPS) is 19.9. The molecule has 1 aliphatic rings. The molecule has 1 aromatic heterocycles. The average Bonchev–Trinajstić information content (AvgIpc) is 2.77. The fraction of sp³-hybridized carbons (Fsp3) is 0.600. The molecule has 1 saturated heterocycles. The van der Waals surface area contributed by atoms with Gasteiger partial charge >= 0.3 is 0 Å². The predicted molar refractivity (Wildman–Crippen MR) is 71.6 cm³/mol. The van der Waals surface area contributed by atoms with Crippen molar-refractivity contribution in [1.82, 2.24) is 10.0 Å². The molecule has 1 fully saturated rings. The lowest BCUT2D eigenvalue weighted by atomic mass is 9.91. The molecule has 1 aromatic rings. The third-order valence-electron chi connectivity index (χ3n) is 3.03. The van der Waals surface area contributed by atoms with E-state index in [2.05, 4.69) is 10.0 Å². The SMILES string of the molecule is O=S(=O)(NC1(CO)CCNCC1)c1ccc(Cl)s1. The van der Waals surface area contributed by atoms with Gasteiger partial charge in [-0.3, -0.25) is 0 Å². The van der Waals surface area contributed by atoms with Gasteiger partial charge in [0.25, 0.3) is 10.0 Å². The number of halogens is 1. The number of piperidine rings is 1. The van der Waals surface area contributed by atoms with Crippen molar-refractivity contribution in [3.63, 3.8) is 0 Å². The molecule has 0 aliphatic carbocycles. The lowest BCUT2D eigenvalue weighted by Gasteiger charge is -2.36. The quantitative estimate of drug-likeness (QED) is 0.768. The number of nitrogens with one attached hydrogen (secondary N) is 2. The monoisotopic (exact) mass is 310 g/mol. The van der Waals surface area contributed by atoms with Gasteiger partial charge in [0.1, 0.15) is 4.21 Å². The largest absolute Gasteiger partial charge is 0.394 e. The van der Waals surface area contributed by atoms with E-state index in [0.717, 1.165) is 11.3 Å². The minimum absolute atomic E-state index is 0.179. The second-order valence-electron chi connectivity index (χ2n) is 4.35. The van der Waals surface area contributed by atoms with Crippen molar-refractivity contribution in [2.45, 2.75) is 22.6 Å². The van der Waals surface area contributed by atoms with Gasteiger partial charge < -0.3 is 10.4 Å². The molecule has 2 rings (SSSR count). The minimum Gasteiger partial charge on any atom is -0.394 e. The third kappa shape index (κ3) is 3.04. The molecular formula is C10H15ClN2O3S2.